The van der Waals surface area contributed by atoms with Gasteiger partial charge in [0.1, 0.15) is 17.1 Å². The summed E-state index contributed by atoms with van der Waals surface area (Å²) in [6.07, 6.45) is 0. The molecule has 2 N–H and O–H groups in total. The molecule has 0 fully saturated rings. The van der Waals surface area contributed by atoms with E-state index in [1.54, 1.807) is 30.3 Å². The third-order valence-electron chi connectivity index (χ3n) is 5.29. The number of amides is 2. The van der Waals surface area contributed by atoms with Crippen LogP contribution >= 0.6 is 11.8 Å². The maximum atomic E-state index is 12.8. The van der Waals surface area contributed by atoms with Gasteiger partial charge < -0.3 is 20.1 Å². The molecule has 0 aliphatic carbocycles. The Morgan fingerprint density at radius 1 is 0.765 bits per heavy atom. The highest BCUT2D eigenvalue weighted by molar-refractivity contribution is 8.00. The van der Waals surface area contributed by atoms with Gasteiger partial charge in [0.25, 0.3) is 5.91 Å². The molecule has 2 amide bonds. The van der Waals surface area contributed by atoms with Gasteiger partial charge in [0.05, 0.1) is 19.5 Å². The molecule has 6 nitrogen and oxygen atoms in total. The molecule has 0 aromatic heterocycles. The summed E-state index contributed by atoms with van der Waals surface area (Å²) in [6, 6.07) is 20.5. The summed E-state index contributed by atoms with van der Waals surface area (Å²) in [6.45, 7) is 6.14. The Bertz CT molecular complexity index is 1110. The van der Waals surface area contributed by atoms with E-state index in [9.17, 15) is 9.59 Å². The standard InChI is InChI=1S/C27H30N2O4S/c1-17(2)19-9-11-20(12-10-19)28-26(30)18(3)34-22-15-13-21(14-16-22)29-27(31)25-23(32-4)7-6-8-24(25)33-5/h6-18H,1-5H3,(H,28,30)(H,29,31). The summed E-state index contributed by atoms with van der Waals surface area (Å²) < 4.78 is 10.6. The van der Waals surface area contributed by atoms with Crippen molar-refractivity contribution in [3.63, 3.8) is 0 Å². The van der Waals surface area contributed by atoms with Crippen LogP contribution in [0.5, 0.6) is 11.5 Å². The lowest BCUT2D eigenvalue weighted by Crippen LogP contribution is -2.22. The van der Waals surface area contributed by atoms with Crippen molar-refractivity contribution in [2.24, 2.45) is 0 Å². The van der Waals surface area contributed by atoms with Crippen molar-refractivity contribution in [3.8, 4) is 11.5 Å². The first kappa shape index (κ1) is 25.2. The molecule has 3 aromatic rings. The zero-order chi connectivity index (χ0) is 24.7. The Morgan fingerprint density at radius 3 is 1.82 bits per heavy atom. The third kappa shape index (κ3) is 6.32. The van der Waals surface area contributed by atoms with Gasteiger partial charge in [-0.3, -0.25) is 9.59 Å². The molecule has 0 saturated heterocycles. The zero-order valence-corrected chi connectivity index (χ0v) is 20.9. The number of nitrogens with one attached hydrogen (secondary N) is 2. The van der Waals surface area contributed by atoms with Gasteiger partial charge in [0.2, 0.25) is 5.91 Å². The molecule has 1 atom stereocenters. The fourth-order valence-corrected chi connectivity index (χ4v) is 4.21. The van der Waals surface area contributed by atoms with Gasteiger partial charge in [-0.15, -0.1) is 11.8 Å². The van der Waals surface area contributed by atoms with Crippen molar-refractivity contribution in [1.29, 1.82) is 0 Å². The van der Waals surface area contributed by atoms with E-state index < -0.39 is 0 Å². The minimum Gasteiger partial charge on any atom is -0.496 e. The fourth-order valence-electron chi connectivity index (χ4n) is 3.34. The highest BCUT2D eigenvalue weighted by atomic mass is 32.2. The number of benzene rings is 3. The molecule has 7 heteroatoms. The van der Waals surface area contributed by atoms with Crippen molar-refractivity contribution < 1.29 is 19.1 Å². The lowest BCUT2D eigenvalue weighted by Gasteiger charge is -2.14. The Balaban J connectivity index is 1.60. The molecule has 178 valence electrons. The zero-order valence-electron chi connectivity index (χ0n) is 20.0. The minimum atomic E-state index is -0.328. The topological polar surface area (TPSA) is 76.7 Å². The molecule has 0 heterocycles. The minimum absolute atomic E-state index is 0.0667. The van der Waals surface area contributed by atoms with Crippen LogP contribution in [0.4, 0.5) is 11.4 Å². The first-order chi connectivity index (χ1) is 16.3. The molecule has 0 spiro atoms. The van der Waals surface area contributed by atoms with Gasteiger partial charge in [-0.1, -0.05) is 32.0 Å². The first-order valence-corrected chi connectivity index (χ1v) is 11.9. The van der Waals surface area contributed by atoms with Crippen molar-refractivity contribution in [1.82, 2.24) is 0 Å². The van der Waals surface area contributed by atoms with Crippen molar-refractivity contribution in [2.75, 3.05) is 24.9 Å². The Labute approximate surface area is 205 Å². The number of thioether (sulfide) groups is 1. The van der Waals surface area contributed by atoms with Crippen LogP contribution < -0.4 is 20.1 Å². The molecule has 1 unspecified atom stereocenters. The van der Waals surface area contributed by atoms with Crippen LogP contribution in [0.1, 0.15) is 42.6 Å². The summed E-state index contributed by atoms with van der Waals surface area (Å²) in [4.78, 5) is 26.4. The smallest absolute Gasteiger partial charge is 0.263 e. The van der Waals surface area contributed by atoms with Crippen molar-refractivity contribution in [3.05, 3.63) is 77.9 Å². The molecule has 34 heavy (non-hydrogen) atoms. The van der Waals surface area contributed by atoms with Gasteiger partial charge in [-0.05, 0) is 66.9 Å². The largest absolute Gasteiger partial charge is 0.496 e. The van der Waals surface area contributed by atoms with Crippen LogP contribution in [0, 0.1) is 0 Å². The predicted octanol–water partition coefficient (Wildman–Crippen LogP) is 6.20. The van der Waals surface area contributed by atoms with Crippen LogP contribution in [-0.2, 0) is 4.79 Å². The summed E-state index contributed by atoms with van der Waals surface area (Å²) in [5.41, 5.74) is 2.98. The molecule has 3 rings (SSSR count). The normalized spacial score (nSPS) is 11.6. The Hall–Kier alpha value is -3.45. The molecule has 0 aliphatic heterocycles. The SMILES string of the molecule is COc1cccc(OC)c1C(=O)Nc1ccc(SC(C)C(=O)Nc2ccc(C(C)C)cc2)cc1. The number of carbonyl (C=O) groups is 2. The van der Waals surface area contributed by atoms with Gasteiger partial charge in [0.15, 0.2) is 0 Å². The summed E-state index contributed by atoms with van der Waals surface area (Å²) in [7, 11) is 3.02. The van der Waals surface area contributed by atoms with E-state index in [2.05, 4.69) is 24.5 Å². The third-order valence-corrected chi connectivity index (χ3v) is 6.41. The number of methoxy groups -OCH3 is 2. The van der Waals surface area contributed by atoms with E-state index in [0.717, 1.165) is 10.6 Å². The van der Waals surface area contributed by atoms with E-state index in [4.69, 9.17) is 9.47 Å². The number of hydrogen-bond donors (Lipinski definition) is 2. The summed E-state index contributed by atoms with van der Waals surface area (Å²) in [5, 5.41) is 5.54. The van der Waals surface area contributed by atoms with E-state index in [-0.39, 0.29) is 17.1 Å². The molecular weight excluding hydrogens is 448 g/mol. The Morgan fingerprint density at radius 2 is 1.29 bits per heavy atom. The van der Waals surface area contributed by atoms with E-state index in [1.807, 2.05) is 43.3 Å². The molecule has 0 bridgehead atoms. The first-order valence-electron chi connectivity index (χ1n) is 11.0. The van der Waals surface area contributed by atoms with Gasteiger partial charge in [0, 0.05) is 16.3 Å². The summed E-state index contributed by atoms with van der Waals surface area (Å²) in [5.74, 6) is 0.919. The van der Waals surface area contributed by atoms with Crippen molar-refractivity contribution in [2.45, 2.75) is 36.8 Å². The molecule has 0 aliphatic rings. The second kappa shape index (κ2) is 11.6. The second-order valence-electron chi connectivity index (χ2n) is 8.04. The summed E-state index contributed by atoms with van der Waals surface area (Å²) >= 11 is 1.45. The number of carbonyl (C=O) groups excluding carboxylic acids is 2. The van der Waals surface area contributed by atoms with Gasteiger partial charge in [-0.2, -0.15) is 0 Å². The predicted molar refractivity (Wildman–Crippen MR) is 138 cm³/mol. The second-order valence-corrected chi connectivity index (χ2v) is 9.46. The van der Waals surface area contributed by atoms with E-state index in [1.165, 1.54) is 31.5 Å². The van der Waals surface area contributed by atoms with Gasteiger partial charge >= 0.3 is 0 Å². The van der Waals surface area contributed by atoms with Crippen LogP contribution in [0.3, 0.4) is 0 Å². The quantitative estimate of drug-likeness (QED) is 0.358. The monoisotopic (exact) mass is 478 g/mol. The van der Waals surface area contributed by atoms with Crippen LogP contribution in [-0.4, -0.2) is 31.3 Å². The van der Waals surface area contributed by atoms with Crippen LogP contribution in [0.25, 0.3) is 0 Å². The highest BCUT2D eigenvalue weighted by Gasteiger charge is 2.19. The molecular formula is C27H30N2O4S. The van der Waals surface area contributed by atoms with Crippen LogP contribution in [0.15, 0.2) is 71.6 Å². The number of rotatable bonds is 9. The highest BCUT2D eigenvalue weighted by Crippen LogP contribution is 2.30. The van der Waals surface area contributed by atoms with Crippen LogP contribution in [0.2, 0.25) is 0 Å². The Kier molecular flexibility index (Phi) is 8.60. The fraction of sp³-hybridized carbons (Fsp3) is 0.259. The number of hydrogen-bond acceptors (Lipinski definition) is 5. The van der Waals surface area contributed by atoms with Gasteiger partial charge in [-0.25, -0.2) is 0 Å². The van der Waals surface area contributed by atoms with E-state index >= 15 is 0 Å². The lowest BCUT2D eigenvalue weighted by molar-refractivity contribution is -0.115. The molecule has 3 aromatic carbocycles. The number of anilines is 2. The molecule has 0 radical (unpaired) electrons. The average molecular weight is 479 g/mol. The molecule has 0 saturated carbocycles. The number of ether oxygens (including phenoxy) is 2. The lowest BCUT2D eigenvalue weighted by atomic mass is 10.0. The maximum absolute atomic E-state index is 12.8. The van der Waals surface area contributed by atoms with E-state index in [0.29, 0.717) is 28.7 Å². The van der Waals surface area contributed by atoms with Crippen molar-refractivity contribution >= 4 is 35.0 Å². The average Bonchev–Trinajstić information content (AvgIpc) is 2.84. The maximum Gasteiger partial charge on any atom is 0.263 e.